The van der Waals surface area contributed by atoms with Gasteiger partial charge in [-0.3, -0.25) is 0 Å². The van der Waals surface area contributed by atoms with Crippen molar-refractivity contribution in [2.45, 2.75) is 32.7 Å². The molecule has 0 radical (unpaired) electrons. The van der Waals surface area contributed by atoms with Gasteiger partial charge in [-0.25, -0.2) is 0 Å². The number of hydrogen-bond acceptors (Lipinski definition) is 3. The van der Waals surface area contributed by atoms with E-state index in [4.69, 9.17) is 6.42 Å². The Kier molecular flexibility index (Phi) is 5.57. The fraction of sp³-hybridized carbons (Fsp3) is 0.444. The van der Waals surface area contributed by atoms with Gasteiger partial charge >= 0.3 is 0 Å². The molecule has 2 N–H and O–H groups in total. The third-order valence-electron chi connectivity index (χ3n) is 3.80. The van der Waals surface area contributed by atoms with Gasteiger partial charge in [0.15, 0.2) is 0 Å². The Labute approximate surface area is 128 Å². The second kappa shape index (κ2) is 7.64. The molecule has 1 aromatic carbocycles. The number of benzene rings is 1. The lowest BCUT2D eigenvalue weighted by molar-refractivity contribution is 0.710. The van der Waals surface area contributed by atoms with Gasteiger partial charge in [0.1, 0.15) is 0 Å². The third kappa shape index (κ3) is 3.72. The molecular formula is C18H25N3. The van der Waals surface area contributed by atoms with Crippen LogP contribution < -0.4 is 15.5 Å². The van der Waals surface area contributed by atoms with Gasteiger partial charge in [0.2, 0.25) is 0 Å². The van der Waals surface area contributed by atoms with E-state index in [2.05, 4.69) is 46.6 Å². The summed E-state index contributed by atoms with van der Waals surface area (Å²) in [6.45, 7) is 5.09. The lowest BCUT2D eigenvalue weighted by atomic mass is 9.96. The van der Waals surface area contributed by atoms with E-state index in [0.717, 1.165) is 38.9 Å². The Morgan fingerprint density at radius 2 is 2.29 bits per heavy atom. The summed E-state index contributed by atoms with van der Waals surface area (Å²) in [5.74, 6) is 2.76. The smallest absolute Gasteiger partial charge is 0.0406 e. The number of hydrogen-bond donors (Lipinski definition) is 2. The van der Waals surface area contributed by atoms with Gasteiger partial charge in [0.05, 0.1) is 0 Å². The van der Waals surface area contributed by atoms with Crippen molar-refractivity contribution in [3.05, 3.63) is 41.2 Å². The van der Waals surface area contributed by atoms with E-state index in [1.54, 1.807) is 0 Å². The maximum atomic E-state index is 5.45. The van der Waals surface area contributed by atoms with Gasteiger partial charge in [-0.15, -0.1) is 12.3 Å². The lowest BCUT2D eigenvalue weighted by Gasteiger charge is -2.30. The Morgan fingerprint density at radius 1 is 1.43 bits per heavy atom. The molecule has 1 aromatic rings. The number of fused-ring (bicyclic) bond motifs is 1. The Morgan fingerprint density at radius 3 is 3.00 bits per heavy atom. The predicted molar refractivity (Wildman–Crippen MR) is 90.1 cm³/mol. The van der Waals surface area contributed by atoms with Crippen LogP contribution in [0.2, 0.25) is 0 Å². The zero-order valence-electron chi connectivity index (χ0n) is 13.1. The summed E-state index contributed by atoms with van der Waals surface area (Å²) >= 11 is 0. The number of terminal acetylenes is 1. The van der Waals surface area contributed by atoms with Crippen molar-refractivity contribution in [1.29, 1.82) is 0 Å². The highest BCUT2D eigenvalue weighted by atomic mass is 15.1. The molecule has 0 spiro atoms. The topological polar surface area (TPSA) is 27.3 Å². The monoisotopic (exact) mass is 283 g/mol. The summed E-state index contributed by atoms with van der Waals surface area (Å²) in [7, 11) is 1.94. The predicted octanol–water partition coefficient (Wildman–Crippen LogP) is 2.63. The third-order valence-corrected chi connectivity index (χ3v) is 3.80. The van der Waals surface area contributed by atoms with Crippen LogP contribution in [0.4, 0.5) is 5.69 Å². The van der Waals surface area contributed by atoms with Crippen molar-refractivity contribution in [2.75, 3.05) is 25.0 Å². The van der Waals surface area contributed by atoms with E-state index in [1.807, 2.05) is 13.2 Å². The van der Waals surface area contributed by atoms with Crippen molar-refractivity contribution in [2.24, 2.45) is 0 Å². The molecule has 1 aliphatic rings. The first-order valence-electron chi connectivity index (χ1n) is 7.69. The molecule has 1 heterocycles. The fourth-order valence-corrected chi connectivity index (χ4v) is 2.85. The average Bonchev–Trinajstić information content (AvgIpc) is 2.51. The van der Waals surface area contributed by atoms with E-state index >= 15 is 0 Å². The lowest BCUT2D eigenvalue weighted by Crippen LogP contribution is -2.30. The van der Waals surface area contributed by atoms with Gasteiger partial charge in [0.25, 0.3) is 0 Å². The van der Waals surface area contributed by atoms with Crippen molar-refractivity contribution in [1.82, 2.24) is 10.6 Å². The van der Waals surface area contributed by atoms with Crippen molar-refractivity contribution < 1.29 is 0 Å². The standard InChI is InChI=1S/C18H25N3/c1-4-6-11-21(10-5-2)18-9-7-8-15-13-20-16(14-19-3)12-17(15)18/h1,7-9,14,19-20H,5-6,10-13H2,2-3H3/b16-14+. The molecule has 0 saturated carbocycles. The zero-order chi connectivity index (χ0) is 15.1. The highest BCUT2D eigenvalue weighted by Crippen LogP contribution is 2.29. The van der Waals surface area contributed by atoms with Crippen LogP contribution in [-0.4, -0.2) is 20.1 Å². The molecule has 112 valence electrons. The zero-order valence-corrected chi connectivity index (χ0v) is 13.1. The Balaban J connectivity index is 2.31. The molecule has 0 aromatic heterocycles. The van der Waals surface area contributed by atoms with E-state index in [9.17, 15) is 0 Å². The van der Waals surface area contributed by atoms with Gasteiger partial charge in [-0.05, 0) is 23.6 Å². The van der Waals surface area contributed by atoms with Crippen molar-refractivity contribution in [3.8, 4) is 12.3 Å². The molecule has 0 atom stereocenters. The Hall–Kier alpha value is -2.08. The SMILES string of the molecule is C#CCCN(CCC)c1cccc2c1C/C(=C\NC)NC2. The van der Waals surface area contributed by atoms with Crippen LogP contribution in [0.1, 0.15) is 30.9 Å². The van der Waals surface area contributed by atoms with Crippen LogP contribution in [0.5, 0.6) is 0 Å². The van der Waals surface area contributed by atoms with E-state index in [1.165, 1.54) is 22.5 Å². The van der Waals surface area contributed by atoms with Crippen molar-refractivity contribution in [3.63, 3.8) is 0 Å². The molecular weight excluding hydrogens is 258 g/mol. The molecule has 1 aliphatic heterocycles. The molecule has 0 saturated heterocycles. The van der Waals surface area contributed by atoms with Crippen LogP contribution in [0.3, 0.4) is 0 Å². The second-order valence-corrected chi connectivity index (χ2v) is 5.34. The summed E-state index contributed by atoms with van der Waals surface area (Å²) in [5.41, 5.74) is 5.41. The highest BCUT2D eigenvalue weighted by molar-refractivity contribution is 5.59. The maximum absolute atomic E-state index is 5.45. The van der Waals surface area contributed by atoms with Crippen LogP contribution in [0.15, 0.2) is 30.1 Å². The molecule has 0 fully saturated rings. The first-order chi connectivity index (χ1) is 10.3. The summed E-state index contributed by atoms with van der Waals surface area (Å²) in [6, 6.07) is 6.60. The quantitative estimate of drug-likeness (QED) is 0.786. The minimum absolute atomic E-state index is 0.793. The molecule has 21 heavy (non-hydrogen) atoms. The van der Waals surface area contributed by atoms with Gasteiger partial charge in [-0.1, -0.05) is 19.1 Å². The van der Waals surface area contributed by atoms with Crippen LogP contribution in [0, 0.1) is 12.3 Å². The number of nitrogens with zero attached hydrogens (tertiary/aromatic N) is 1. The molecule has 0 unspecified atom stereocenters. The van der Waals surface area contributed by atoms with Gasteiger partial charge in [0, 0.05) is 57.1 Å². The summed E-state index contributed by atoms with van der Waals surface area (Å²) in [4.78, 5) is 2.43. The van der Waals surface area contributed by atoms with Gasteiger partial charge < -0.3 is 15.5 Å². The molecule has 0 bridgehead atoms. The number of rotatable bonds is 6. The minimum Gasteiger partial charge on any atom is -0.393 e. The minimum atomic E-state index is 0.793. The molecule has 0 amide bonds. The average molecular weight is 283 g/mol. The molecule has 3 nitrogen and oxygen atoms in total. The van der Waals surface area contributed by atoms with E-state index in [-0.39, 0.29) is 0 Å². The normalized spacial score (nSPS) is 15.0. The summed E-state index contributed by atoms with van der Waals surface area (Å²) < 4.78 is 0. The van der Waals surface area contributed by atoms with Gasteiger partial charge in [-0.2, -0.15) is 0 Å². The second-order valence-electron chi connectivity index (χ2n) is 5.34. The maximum Gasteiger partial charge on any atom is 0.0406 e. The Bertz CT molecular complexity index is 540. The number of anilines is 1. The highest BCUT2D eigenvalue weighted by Gasteiger charge is 2.18. The molecule has 3 heteroatoms. The molecule has 0 aliphatic carbocycles. The number of nitrogens with one attached hydrogen (secondary N) is 2. The van der Waals surface area contributed by atoms with Crippen LogP contribution in [-0.2, 0) is 13.0 Å². The van der Waals surface area contributed by atoms with Crippen molar-refractivity contribution >= 4 is 5.69 Å². The summed E-state index contributed by atoms with van der Waals surface area (Å²) in [6.07, 6.45) is 10.4. The van der Waals surface area contributed by atoms with E-state index < -0.39 is 0 Å². The first kappa shape index (κ1) is 15.3. The molecule has 2 rings (SSSR count). The summed E-state index contributed by atoms with van der Waals surface area (Å²) in [5, 5.41) is 6.58. The van der Waals surface area contributed by atoms with E-state index in [0.29, 0.717) is 0 Å². The number of allylic oxidation sites excluding steroid dienone is 1. The van der Waals surface area contributed by atoms with Crippen LogP contribution >= 0.6 is 0 Å². The first-order valence-corrected chi connectivity index (χ1v) is 7.69. The van der Waals surface area contributed by atoms with Crippen LogP contribution in [0.25, 0.3) is 0 Å². The largest absolute Gasteiger partial charge is 0.393 e. The fourth-order valence-electron chi connectivity index (χ4n) is 2.85.